The van der Waals surface area contributed by atoms with Gasteiger partial charge in [0.1, 0.15) is 23.7 Å². The third kappa shape index (κ3) is 7.80. The second-order valence-electron chi connectivity index (χ2n) is 20.3. The van der Waals surface area contributed by atoms with Crippen molar-refractivity contribution in [3.63, 3.8) is 0 Å². The molecule has 6 aliphatic rings. The Balaban J connectivity index is 1.29. The fourth-order valence-corrected chi connectivity index (χ4v) is 13.6. The van der Waals surface area contributed by atoms with E-state index in [2.05, 4.69) is 46.3 Å². The van der Waals surface area contributed by atoms with Gasteiger partial charge < -0.3 is 26.0 Å². The van der Waals surface area contributed by atoms with Crippen LogP contribution in [-0.2, 0) is 29.4 Å². The summed E-state index contributed by atoms with van der Waals surface area (Å²) in [5, 5.41) is 20.3. The molecule has 0 aromatic rings. The minimum absolute atomic E-state index is 0.00210. The Hall–Kier alpha value is -2.91. The van der Waals surface area contributed by atoms with Crippen LogP contribution in [0.4, 0.5) is 0 Å². The highest BCUT2D eigenvalue weighted by molar-refractivity contribution is 7.87. The normalized spacial score (nSPS) is 31.5. The molecule has 7 atom stereocenters. The van der Waals surface area contributed by atoms with Gasteiger partial charge in [0, 0.05) is 25.0 Å². The maximum Gasteiger partial charge on any atom is 0.303 e. The van der Waals surface area contributed by atoms with E-state index in [1.54, 1.807) is 18.7 Å². The van der Waals surface area contributed by atoms with Crippen molar-refractivity contribution in [2.24, 2.45) is 33.5 Å². The number of nitrogens with one attached hydrogen (secondary N) is 4. The number of fused-ring (bicyclic) bond motifs is 1. The van der Waals surface area contributed by atoms with Crippen molar-refractivity contribution >= 4 is 33.8 Å². The van der Waals surface area contributed by atoms with Crippen LogP contribution in [0.25, 0.3) is 0 Å². The van der Waals surface area contributed by atoms with Crippen LogP contribution in [0.5, 0.6) is 0 Å². The van der Waals surface area contributed by atoms with Crippen LogP contribution in [0, 0.1) is 33.5 Å². The van der Waals surface area contributed by atoms with Gasteiger partial charge >= 0.3 is 10.2 Å². The molecule has 0 aromatic heterocycles. The third-order valence-corrected chi connectivity index (χ3v) is 18.0. The molecule has 2 spiro atoms. The SMILES string of the molecule is CC[C@@H]1C[C@]1(NC(=O)[C@@H]1C[C@@]2(CN1C(=O)[C@@H](NC(=O)[C@@H](N/C(=C/O)[C@@H]1CCCN1CC)C1CCCCC1)C(C)(C)C)C(C)(C)C21CCC1)C(=O)NS(=O)(=O)N(CC)CC. The molecule has 4 saturated carbocycles. The molecule has 334 valence electrons. The highest BCUT2D eigenvalue weighted by Gasteiger charge is 2.85. The molecule has 0 aromatic carbocycles. The van der Waals surface area contributed by atoms with Crippen molar-refractivity contribution < 1.29 is 32.7 Å². The average molecular weight is 846 g/mol. The van der Waals surface area contributed by atoms with Crippen LogP contribution in [0.15, 0.2) is 12.0 Å². The number of aliphatic hydroxyl groups excluding tert-OH is 1. The number of amides is 4. The second-order valence-corrected chi connectivity index (χ2v) is 22.0. The molecule has 14 nitrogen and oxygen atoms in total. The number of hydrogen-bond acceptors (Lipinski definition) is 9. The molecule has 15 heteroatoms. The molecule has 6 fully saturated rings. The molecule has 0 radical (unpaired) electrons. The summed E-state index contributed by atoms with van der Waals surface area (Å²) in [5.41, 5.74) is -1.95. The van der Waals surface area contributed by atoms with Gasteiger partial charge in [-0.2, -0.15) is 12.7 Å². The zero-order valence-electron chi connectivity index (χ0n) is 37.4. The van der Waals surface area contributed by atoms with Gasteiger partial charge in [-0.1, -0.05) is 94.4 Å². The van der Waals surface area contributed by atoms with E-state index in [4.69, 9.17) is 0 Å². The molecule has 6 rings (SSSR count). The zero-order valence-corrected chi connectivity index (χ0v) is 38.2. The van der Waals surface area contributed by atoms with Crippen molar-refractivity contribution in [1.29, 1.82) is 0 Å². The largest absolute Gasteiger partial charge is 0.514 e. The van der Waals surface area contributed by atoms with E-state index in [9.17, 15) is 27.9 Å². The van der Waals surface area contributed by atoms with Gasteiger partial charge in [0.25, 0.3) is 5.91 Å². The van der Waals surface area contributed by atoms with Crippen molar-refractivity contribution in [2.75, 3.05) is 32.7 Å². The maximum atomic E-state index is 15.3. The van der Waals surface area contributed by atoms with Gasteiger partial charge in [-0.3, -0.25) is 24.1 Å². The lowest BCUT2D eigenvalue weighted by Gasteiger charge is -2.39. The van der Waals surface area contributed by atoms with E-state index in [1.165, 1.54) is 4.31 Å². The molecule has 2 heterocycles. The molecule has 5 N–H and O–H groups in total. The number of carbonyl (C=O) groups is 4. The Bertz CT molecular complexity index is 1750. The summed E-state index contributed by atoms with van der Waals surface area (Å²) in [6.45, 7) is 20.2. The van der Waals surface area contributed by atoms with E-state index >= 15 is 4.79 Å². The predicted octanol–water partition coefficient (Wildman–Crippen LogP) is 4.72. The molecule has 2 saturated heterocycles. The Morgan fingerprint density at radius 2 is 1.54 bits per heavy atom. The van der Waals surface area contributed by atoms with Crippen molar-refractivity contribution in [3.05, 3.63) is 12.0 Å². The summed E-state index contributed by atoms with van der Waals surface area (Å²) in [6.07, 6.45) is 12.3. The highest BCUT2D eigenvalue weighted by Crippen LogP contribution is 2.88. The molecule has 2 aliphatic heterocycles. The summed E-state index contributed by atoms with van der Waals surface area (Å²) >= 11 is 0. The Labute approximate surface area is 354 Å². The molecule has 0 unspecified atom stereocenters. The third-order valence-electron chi connectivity index (χ3n) is 16.4. The Morgan fingerprint density at radius 1 is 0.881 bits per heavy atom. The van der Waals surface area contributed by atoms with Crippen LogP contribution in [-0.4, -0.2) is 114 Å². The first kappa shape index (κ1) is 45.6. The molecular formula is C44H75N7O7S. The number of carbonyl (C=O) groups excluding carboxylic acids is 4. The molecule has 4 aliphatic carbocycles. The van der Waals surface area contributed by atoms with Gasteiger partial charge in [0.05, 0.1) is 18.0 Å². The van der Waals surface area contributed by atoms with Gasteiger partial charge in [-0.05, 0) is 92.5 Å². The number of rotatable bonds is 16. The molecular weight excluding hydrogens is 771 g/mol. The quantitative estimate of drug-likeness (QED) is 0.138. The number of likely N-dealkylation sites (tertiary alicyclic amines) is 2. The summed E-state index contributed by atoms with van der Waals surface area (Å²) in [6, 6.07) is -2.58. The number of nitrogens with zero attached hydrogens (tertiary/aromatic N) is 3. The standard InChI is InChI=1S/C44H75N7O7S/c1-10-30-25-44(30,39(56)48-59(57,58)50(12-3)13-4)47-36(53)33-26-43(41(8,9)42(43)22-18-23-42)28-51(33)38(55)35(40(5,6)7)46-37(54)34(29-19-15-14-16-20-29)45-31(27-52)32-21-17-24-49(32)11-2/h27,29-30,32-35,45,52H,10-26,28H2,1-9H3,(H,46,54)(H,47,53)(H,48,56)/b31-27+/t30-,32+,33+,34+,35-,43-,44-/m1/s1. The van der Waals surface area contributed by atoms with Crippen molar-refractivity contribution in [2.45, 2.75) is 175 Å². The number of aliphatic hydroxyl groups is 1. The maximum absolute atomic E-state index is 15.3. The Kier molecular flexibility index (Phi) is 13.0. The summed E-state index contributed by atoms with van der Waals surface area (Å²) in [7, 11) is -4.13. The van der Waals surface area contributed by atoms with Crippen LogP contribution in [0.1, 0.15) is 146 Å². The van der Waals surface area contributed by atoms with Crippen LogP contribution >= 0.6 is 0 Å². The lowest BCUT2D eigenvalue weighted by molar-refractivity contribution is -0.145. The van der Waals surface area contributed by atoms with Crippen LogP contribution < -0.4 is 20.7 Å². The predicted molar refractivity (Wildman–Crippen MR) is 228 cm³/mol. The summed E-state index contributed by atoms with van der Waals surface area (Å²) < 4.78 is 29.8. The lowest BCUT2D eigenvalue weighted by Crippen LogP contribution is -2.62. The van der Waals surface area contributed by atoms with Gasteiger partial charge in [0.2, 0.25) is 17.7 Å². The molecule has 0 bridgehead atoms. The molecule has 4 amide bonds. The Morgan fingerprint density at radius 3 is 2.05 bits per heavy atom. The van der Waals surface area contributed by atoms with E-state index in [1.807, 2.05) is 27.7 Å². The molecule has 59 heavy (non-hydrogen) atoms. The lowest BCUT2D eigenvalue weighted by atomic mass is 9.73. The fourth-order valence-electron chi connectivity index (χ4n) is 12.4. The first-order valence-electron chi connectivity index (χ1n) is 22.8. The highest BCUT2D eigenvalue weighted by atomic mass is 32.2. The van der Waals surface area contributed by atoms with Gasteiger partial charge in [-0.15, -0.1) is 0 Å². The van der Waals surface area contributed by atoms with E-state index in [-0.39, 0.29) is 59.0 Å². The fraction of sp³-hybridized carbons (Fsp3) is 0.864. The van der Waals surface area contributed by atoms with Gasteiger partial charge in [0.15, 0.2) is 0 Å². The minimum atomic E-state index is -4.13. The van der Waals surface area contributed by atoms with E-state index in [0.717, 1.165) is 83.6 Å². The van der Waals surface area contributed by atoms with Crippen molar-refractivity contribution in [3.8, 4) is 0 Å². The minimum Gasteiger partial charge on any atom is -0.514 e. The monoisotopic (exact) mass is 846 g/mol. The van der Waals surface area contributed by atoms with Crippen LogP contribution in [0.3, 0.4) is 0 Å². The summed E-state index contributed by atoms with van der Waals surface area (Å²) in [4.78, 5) is 62.8. The van der Waals surface area contributed by atoms with Gasteiger partial charge in [-0.25, -0.2) is 4.72 Å². The zero-order chi connectivity index (χ0) is 43.3. The van der Waals surface area contributed by atoms with Crippen molar-refractivity contribution in [1.82, 2.24) is 34.8 Å². The van der Waals surface area contributed by atoms with E-state index < -0.39 is 51.1 Å². The first-order valence-corrected chi connectivity index (χ1v) is 24.3. The smallest absolute Gasteiger partial charge is 0.303 e. The van der Waals surface area contributed by atoms with E-state index in [0.29, 0.717) is 31.5 Å². The topological polar surface area (TPSA) is 180 Å². The number of hydrogen-bond donors (Lipinski definition) is 5. The summed E-state index contributed by atoms with van der Waals surface area (Å²) in [5.74, 6) is -2.09. The first-order chi connectivity index (χ1) is 27.7. The number of likely N-dealkylation sites (N-methyl/N-ethyl adjacent to an activating group) is 1. The average Bonchev–Trinajstić information content (AvgIpc) is 3.69. The second kappa shape index (κ2) is 16.8. The van der Waals surface area contributed by atoms with Crippen LogP contribution in [0.2, 0.25) is 0 Å².